The summed E-state index contributed by atoms with van der Waals surface area (Å²) in [7, 11) is 0. The van der Waals surface area contributed by atoms with Gasteiger partial charge in [0.05, 0.1) is 23.0 Å². The van der Waals surface area contributed by atoms with Gasteiger partial charge in [0, 0.05) is 25.0 Å². The number of fused-ring (bicyclic) bond motifs is 2. The molecule has 2 aromatic carbocycles. The van der Waals surface area contributed by atoms with Crippen LogP contribution in [0, 0.1) is 39.5 Å². The number of esters is 2. The predicted molar refractivity (Wildman–Crippen MR) is 150 cm³/mol. The van der Waals surface area contributed by atoms with Crippen LogP contribution >= 0.6 is 0 Å². The smallest absolute Gasteiger partial charge is 0.302 e. The highest BCUT2D eigenvalue weighted by molar-refractivity contribution is 6.04. The molecule has 0 radical (unpaired) electrons. The molecule has 4 rings (SSSR count). The number of Topliss-reactive ketones (excluding diaryl/α,β-unsaturated/α-hetero) is 2. The molecule has 0 saturated heterocycles. The van der Waals surface area contributed by atoms with Gasteiger partial charge in [0.2, 0.25) is 0 Å². The second-order valence-electron chi connectivity index (χ2n) is 10.9. The summed E-state index contributed by atoms with van der Waals surface area (Å²) in [6.07, 6.45) is -0.282. The maximum absolute atomic E-state index is 12.6. The van der Waals surface area contributed by atoms with E-state index in [4.69, 9.17) is 18.9 Å². The van der Waals surface area contributed by atoms with Crippen molar-refractivity contribution in [2.75, 3.05) is 0 Å². The molecule has 2 heterocycles. The molecule has 0 amide bonds. The topological polar surface area (TPSA) is 105 Å². The monoisotopic (exact) mass is 552 g/mol. The molecule has 8 nitrogen and oxygen atoms in total. The molecule has 0 saturated carbocycles. The number of rotatable bonds is 4. The Labute approximate surface area is 236 Å². The SMILES string of the molecule is CC(=O)OCc1c(C)cc(C)c2c1C(=O)[C@H](C)[C@@H](C)O2.CC(=O)OCc1c(C)cc(C)c2c1C(=O)[C@H](C)[C@@H](C)O2. The summed E-state index contributed by atoms with van der Waals surface area (Å²) in [6, 6.07) is 3.93. The lowest BCUT2D eigenvalue weighted by Crippen LogP contribution is -2.35. The predicted octanol–water partition coefficient (Wildman–Crippen LogP) is 5.93. The van der Waals surface area contributed by atoms with Crippen LogP contribution in [0.2, 0.25) is 0 Å². The van der Waals surface area contributed by atoms with E-state index in [1.807, 2.05) is 67.5 Å². The fraction of sp³-hybridized carbons (Fsp3) is 0.500. The van der Waals surface area contributed by atoms with Crippen molar-refractivity contribution >= 4 is 23.5 Å². The molecule has 0 aliphatic carbocycles. The van der Waals surface area contributed by atoms with Gasteiger partial charge < -0.3 is 18.9 Å². The Balaban J connectivity index is 0.000000220. The molecule has 0 spiro atoms. The lowest BCUT2D eigenvalue weighted by molar-refractivity contribution is -0.143. The van der Waals surface area contributed by atoms with Gasteiger partial charge >= 0.3 is 11.9 Å². The summed E-state index contributed by atoms with van der Waals surface area (Å²) in [5, 5.41) is 0. The van der Waals surface area contributed by atoms with E-state index < -0.39 is 0 Å². The molecule has 40 heavy (non-hydrogen) atoms. The largest absolute Gasteiger partial charge is 0.489 e. The van der Waals surface area contributed by atoms with Crippen molar-refractivity contribution in [2.45, 2.75) is 94.7 Å². The molecule has 2 aliphatic heterocycles. The molecular weight excluding hydrogens is 512 g/mol. The first-order valence-electron chi connectivity index (χ1n) is 13.6. The third-order valence-corrected chi connectivity index (χ3v) is 7.77. The van der Waals surface area contributed by atoms with Crippen LogP contribution in [0.1, 0.15) is 95.6 Å². The molecule has 0 unspecified atom stereocenters. The Morgan fingerprint density at radius 2 is 0.975 bits per heavy atom. The van der Waals surface area contributed by atoms with E-state index in [9.17, 15) is 19.2 Å². The molecule has 0 aromatic heterocycles. The molecule has 0 bridgehead atoms. The van der Waals surface area contributed by atoms with E-state index in [-0.39, 0.29) is 60.8 Å². The van der Waals surface area contributed by atoms with E-state index >= 15 is 0 Å². The van der Waals surface area contributed by atoms with E-state index in [2.05, 4.69) is 0 Å². The number of hydrogen-bond donors (Lipinski definition) is 0. The zero-order valence-electron chi connectivity index (χ0n) is 25.1. The van der Waals surface area contributed by atoms with Crippen molar-refractivity contribution in [1.29, 1.82) is 0 Å². The number of carbonyl (C=O) groups excluding carboxylic acids is 4. The van der Waals surface area contributed by atoms with Crippen LogP contribution in [-0.2, 0) is 32.3 Å². The van der Waals surface area contributed by atoms with Gasteiger partial charge in [0.15, 0.2) is 11.6 Å². The fourth-order valence-corrected chi connectivity index (χ4v) is 5.02. The van der Waals surface area contributed by atoms with Crippen LogP contribution in [0.25, 0.3) is 0 Å². The second-order valence-corrected chi connectivity index (χ2v) is 10.9. The van der Waals surface area contributed by atoms with E-state index in [1.54, 1.807) is 0 Å². The highest BCUT2D eigenvalue weighted by atomic mass is 16.5. The van der Waals surface area contributed by atoms with Crippen LogP contribution in [-0.4, -0.2) is 35.7 Å². The minimum Gasteiger partial charge on any atom is -0.489 e. The van der Waals surface area contributed by atoms with E-state index in [0.29, 0.717) is 22.6 Å². The summed E-state index contributed by atoms with van der Waals surface area (Å²) in [6.45, 7) is 18.2. The lowest BCUT2D eigenvalue weighted by atomic mass is 9.85. The van der Waals surface area contributed by atoms with Gasteiger partial charge in [-0.25, -0.2) is 0 Å². The minimum atomic E-state index is -0.357. The first kappa shape index (κ1) is 30.9. The molecule has 4 atom stereocenters. The lowest BCUT2D eigenvalue weighted by Gasteiger charge is -2.31. The molecule has 2 aliphatic rings. The first-order valence-corrected chi connectivity index (χ1v) is 13.6. The van der Waals surface area contributed by atoms with Crippen molar-refractivity contribution in [3.05, 3.63) is 56.6 Å². The van der Waals surface area contributed by atoms with Gasteiger partial charge in [-0.1, -0.05) is 26.0 Å². The standard InChI is InChI=1S/2C16H20O4/c2*1-8-6-9(2)16-14(13(8)7-19-12(5)17)15(18)10(3)11(4)20-16/h2*6,10-11H,7H2,1-5H3/t2*10-,11-/m11/s1. The van der Waals surface area contributed by atoms with Crippen molar-refractivity contribution in [2.24, 2.45) is 11.8 Å². The van der Waals surface area contributed by atoms with Crippen LogP contribution in [0.3, 0.4) is 0 Å². The maximum atomic E-state index is 12.6. The zero-order valence-corrected chi connectivity index (χ0v) is 25.1. The zero-order chi connectivity index (χ0) is 30.0. The number of hydrogen-bond acceptors (Lipinski definition) is 8. The summed E-state index contributed by atoms with van der Waals surface area (Å²) < 4.78 is 21.9. The minimum absolute atomic E-state index is 0.0627. The third kappa shape index (κ3) is 6.21. The van der Waals surface area contributed by atoms with Crippen LogP contribution in [0.4, 0.5) is 0 Å². The van der Waals surface area contributed by atoms with Crippen LogP contribution in [0.5, 0.6) is 11.5 Å². The van der Waals surface area contributed by atoms with Gasteiger partial charge in [-0.2, -0.15) is 0 Å². The van der Waals surface area contributed by atoms with Crippen LogP contribution < -0.4 is 9.47 Å². The summed E-state index contributed by atoms with van der Waals surface area (Å²) in [5.74, 6) is 0.287. The number of aryl methyl sites for hydroxylation is 4. The number of ether oxygens (including phenoxy) is 4. The summed E-state index contributed by atoms with van der Waals surface area (Å²) in [5.41, 5.74) is 6.44. The van der Waals surface area contributed by atoms with Gasteiger partial charge in [-0.15, -0.1) is 0 Å². The molecule has 0 N–H and O–H groups in total. The van der Waals surface area contributed by atoms with Gasteiger partial charge in [-0.05, 0) is 63.8 Å². The summed E-state index contributed by atoms with van der Waals surface area (Å²) >= 11 is 0. The fourth-order valence-electron chi connectivity index (χ4n) is 5.02. The Morgan fingerprint density at radius 3 is 1.27 bits per heavy atom. The van der Waals surface area contributed by atoms with E-state index in [1.165, 1.54) is 13.8 Å². The van der Waals surface area contributed by atoms with Gasteiger partial charge in [0.1, 0.15) is 36.9 Å². The average molecular weight is 553 g/mol. The molecule has 216 valence electrons. The van der Waals surface area contributed by atoms with Crippen LogP contribution in [0.15, 0.2) is 12.1 Å². The highest BCUT2D eigenvalue weighted by Gasteiger charge is 2.36. The quantitative estimate of drug-likeness (QED) is 0.430. The maximum Gasteiger partial charge on any atom is 0.302 e. The Bertz CT molecular complexity index is 1250. The van der Waals surface area contributed by atoms with Crippen molar-refractivity contribution in [3.63, 3.8) is 0 Å². The Kier molecular flexibility index (Phi) is 9.44. The molecule has 0 fully saturated rings. The summed E-state index contributed by atoms with van der Waals surface area (Å²) in [4.78, 5) is 47.2. The molecule has 2 aromatic rings. The Hall–Kier alpha value is -3.68. The Morgan fingerprint density at radius 1 is 0.650 bits per heavy atom. The third-order valence-electron chi connectivity index (χ3n) is 7.77. The highest BCUT2D eigenvalue weighted by Crippen LogP contribution is 2.39. The van der Waals surface area contributed by atoms with Crippen molar-refractivity contribution < 1.29 is 38.1 Å². The first-order chi connectivity index (χ1) is 18.6. The number of ketones is 2. The number of benzene rings is 2. The average Bonchev–Trinajstić information content (AvgIpc) is 2.86. The van der Waals surface area contributed by atoms with Gasteiger partial charge in [-0.3, -0.25) is 19.2 Å². The van der Waals surface area contributed by atoms with Gasteiger partial charge in [0.25, 0.3) is 0 Å². The molecular formula is C32H40O8. The van der Waals surface area contributed by atoms with E-state index in [0.717, 1.165) is 33.4 Å². The molecule has 8 heteroatoms. The number of carbonyl (C=O) groups is 4. The second kappa shape index (κ2) is 12.2. The normalized spacial score (nSPS) is 21.1. The van der Waals surface area contributed by atoms with Crippen molar-refractivity contribution in [1.82, 2.24) is 0 Å². The van der Waals surface area contributed by atoms with Crippen molar-refractivity contribution in [3.8, 4) is 11.5 Å².